The first-order chi connectivity index (χ1) is 16.5. The molecule has 3 aromatic heterocycles. The predicted molar refractivity (Wildman–Crippen MR) is 129 cm³/mol. The summed E-state index contributed by atoms with van der Waals surface area (Å²) in [6.45, 7) is 2.12. The second kappa shape index (κ2) is 9.64. The fourth-order valence-electron chi connectivity index (χ4n) is 3.68. The van der Waals surface area contributed by atoms with Gasteiger partial charge in [-0.3, -0.25) is 9.20 Å². The van der Waals surface area contributed by atoms with Crippen LogP contribution in [0.3, 0.4) is 0 Å². The van der Waals surface area contributed by atoms with Gasteiger partial charge < -0.3 is 19.6 Å². The third-order valence-corrected chi connectivity index (χ3v) is 7.03. The lowest BCUT2D eigenvalue weighted by molar-refractivity contribution is 0.0298. The van der Waals surface area contributed by atoms with Gasteiger partial charge in [0.05, 0.1) is 25.1 Å². The number of morpholine rings is 1. The van der Waals surface area contributed by atoms with Crippen LogP contribution in [0.4, 0.5) is 10.1 Å². The molecule has 1 aliphatic rings. The fraction of sp³-hybridized carbons (Fsp3) is 0.174. The smallest absolute Gasteiger partial charge is 0.272 e. The maximum absolute atomic E-state index is 13.2. The molecule has 0 saturated carbocycles. The van der Waals surface area contributed by atoms with Gasteiger partial charge in [0, 0.05) is 41.9 Å². The highest BCUT2D eigenvalue weighted by molar-refractivity contribution is 7.61. The van der Waals surface area contributed by atoms with E-state index in [2.05, 4.69) is 15.1 Å². The molecule has 0 spiro atoms. The fourth-order valence-corrected chi connectivity index (χ4v) is 4.86. The van der Waals surface area contributed by atoms with E-state index in [-0.39, 0.29) is 16.9 Å². The summed E-state index contributed by atoms with van der Waals surface area (Å²) in [7, 11) is -1.82. The highest BCUT2D eigenvalue weighted by atomic mass is 35.5. The van der Waals surface area contributed by atoms with Crippen LogP contribution in [0.25, 0.3) is 16.8 Å². The third kappa shape index (κ3) is 4.60. The molecule has 1 atom stereocenters. The Morgan fingerprint density at radius 2 is 1.85 bits per heavy atom. The third-order valence-electron chi connectivity index (χ3n) is 5.49. The van der Waals surface area contributed by atoms with Crippen molar-refractivity contribution < 1.29 is 18.8 Å². The van der Waals surface area contributed by atoms with Crippen molar-refractivity contribution in [2.45, 2.75) is 0 Å². The number of carbonyl (C=O) groups excluding carboxylic acids is 1. The topological polar surface area (TPSA) is 92.0 Å². The summed E-state index contributed by atoms with van der Waals surface area (Å²) in [5.74, 6) is -0.482. The van der Waals surface area contributed by atoms with Crippen molar-refractivity contribution in [1.29, 1.82) is 0 Å². The number of imidazole rings is 1. The van der Waals surface area contributed by atoms with Crippen LogP contribution >= 0.6 is 19.9 Å². The molecule has 34 heavy (non-hydrogen) atoms. The Hall–Kier alpha value is -3.10. The number of benzene rings is 1. The summed E-state index contributed by atoms with van der Waals surface area (Å²) >= 11 is 6.26. The summed E-state index contributed by atoms with van der Waals surface area (Å²) in [4.78, 5) is 33.9. The molecule has 11 heteroatoms. The van der Waals surface area contributed by atoms with E-state index in [1.807, 2.05) is 18.3 Å². The number of hydrogen-bond acceptors (Lipinski definition) is 6. The number of amides is 1. The molecule has 2 N–H and O–H groups in total. The Labute approximate surface area is 200 Å². The minimum atomic E-state index is -1.82. The first kappa shape index (κ1) is 22.7. The molecule has 4 heterocycles. The number of halogens is 2. The van der Waals surface area contributed by atoms with Gasteiger partial charge in [-0.1, -0.05) is 11.6 Å². The Morgan fingerprint density at radius 3 is 2.62 bits per heavy atom. The van der Waals surface area contributed by atoms with E-state index in [1.54, 1.807) is 27.8 Å². The van der Waals surface area contributed by atoms with Crippen molar-refractivity contribution in [2.75, 3.05) is 31.4 Å². The van der Waals surface area contributed by atoms with Crippen molar-refractivity contribution in [3.05, 3.63) is 77.7 Å². The van der Waals surface area contributed by atoms with Crippen molar-refractivity contribution in [3.63, 3.8) is 0 Å². The number of hydrogen-bond donors (Lipinski definition) is 2. The van der Waals surface area contributed by atoms with E-state index in [1.165, 1.54) is 24.3 Å². The summed E-state index contributed by atoms with van der Waals surface area (Å²) in [5.41, 5.74) is 3.07. The Balaban J connectivity index is 1.44. The number of ether oxygens (including phenoxy) is 1. The zero-order valence-corrected chi connectivity index (χ0v) is 19.5. The molecular formula is C23H20ClFN5O3P. The Kier molecular flexibility index (Phi) is 6.43. The molecule has 1 unspecified atom stereocenters. The average Bonchev–Trinajstić information content (AvgIpc) is 3.29. The summed E-state index contributed by atoms with van der Waals surface area (Å²) in [6.07, 6.45) is 5.02. The van der Waals surface area contributed by atoms with Crippen molar-refractivity contribution in [3.8, 4) is 11.1 Å². The van der Waals surface area contributed by atoms with E-state index >= 15 is 0 Å². The number of nitrogens with one attached hydrogen (secondary N) is 1. The van der Waals surface area contributed by atoms with E-state index in [4.69, 9.17) is 16.3 Å². The highest BCUT2D eigenvalue weighted by Crippen LogP contribution is 2.35. The number of fused-ring (bicyclic) bond motifs is 1. The maximum atomic E-state index is 13.2. The van der Waals surface area contributed by atoms with Crippen LogP contribution in [-0.2, 0) is 4.74 Å². The van der Waals surface area contributed by atoms with Crippen LogP contribution in [-0.4, -0.2) is 56.4 Å². The molecule has 8 nitrogen and oxygen atoms in total. The van der Waals surface area contributed by atoms with Crippen LogP contribution < -0.4 is 10.4 Å². The predicted octanol–water partition coefficient (Wildman–Crippen LogP) is 3.70. The van der Waals surface area contributed by atoms with Gasteiger partial charge in [-0.25, -0.2) is 14.4 Å². The number of pyridine rings is 2. The van der Waals surface area contributed by atoms with Gasteiger partial charge in [0.25, 0.3) is 5.91 Å². The molecule has 4 aromatic rings. The molecule has 1 aliphatic heterocycles. The van der Waals surface area contributed by atoms with E-state index in [0.29, 0.717) is 48.6 Å². The summed E-state index contributed by atoms with van der Waals surface area (Å²) in [5, 5.41) is 3.71. The zero-order chi connectivity index (χ0) is 23.7. The number of aromatic nitrogens is 3. The maximum Gasteiger partial charge on any atom is 0.272 e. The minimum absolute atomic E-state index is 0.102. The Morgan fingerprint density at radius 1 is 1.09 bits per heavy atom. The van der Waals surface area contributed by atoms with Crippen molar-refractivity contribution in [2.24, 2.45) is 0 Å². The standard InChI is InChI=1S/C23H20ClFN5O3P/c24-22-19(28-34(32)18-4-2-17(25)3-5-18)11-16(12-27-22)15-1-6-21-26-13-20(30(21)14-15)23(31)29-7-9-33-10-8-29/h1-6,11-14,28,32H,7-10H2. The van der Waals surface area contributed by atoms with Gasteiger partial charge in [0.2, 0.25) is 0 Å². The lowest BCUT2D eigenvalue weighted by Gasteiger charge is -2.26. The first-order valence-electron chi connectivity index (χ1n) is 10.5. The summed E-state index contributed by atoms with van der Waals surface area (Å²) in [6, 6.07) is 11.1. The van der Waals surface area contributed by atoms with Crippen LogP contribution in [0, 0.1) is 5.82 Å². The lowest BCUT2D eigenvalue weighted by Crippen LogP contribution is -2.41. The van der Waals surface area contributed by atoms with Crippen LogP contribution in [0.1, 0.15) is 10.5 Å². The van der Waals surface area contributed by atoms with Gasteiger partial charge in [-0.05, 0) is 42.5 Å². The molecule has 174 valence electrons. The number of anilines is 1. The van der Waals surface area contributed by atoms with E-state index < -0.39 is 8.30 Å². The second-order valence-electron chi connectivity index (χ2n) is 7.66. The second-order valence-corrected chi connectivity index (χ2v) is 9.38. The largest absolute Gasteiger partial charge is 0.378 e. The minimum Gasteiger partial charge on any atom is -0.378 e. The highest BCUT2D eigenvalue weighted by Gasteiger charge is 2.22. The van der Waals surface area contributed by atoms with E-state index in [0.717, 1.165) is 11.1 Å². The molecule has 0 aliphatic carbocycles. The van der Waals surface area contributed by atoms with Gasteiger partial charge in [-0.15, -0.1) is 0 Å². The zero-order valence-electron chi connectivity index (χ0n) is 17.9. The molecule has 1 saturated heterocycles. The lowest BCUT2D eigenvalue weighted by atomic mass is 10.1. The van der Waals surface area contributed by atoms with Crippen LogP contribution in [0.5, 0.6) is 0 Å². The molecule has 1 amide bonds. The van der Waals surface area contributed by atoms with Crippen LogP contribution in [0.2, 0.25) is 5.15 Å². The van der Waals surface area contributed by atoms with Crippen molar-refractivity contribution in [1.82, 2.24) is 19.3 Å². The van der Waals surface area contributed by atoms with Gasteiger partial charge in [-0.2, -0.15) is 0 Å². The monoisotopic (exact) mass is 499 g/mol. The molecule has 1 aromatic carbocycles. The SMILES string of the molecule is O=C(c1cnc2ccc(-c3cnc(Cl)c(NP(O)c4ccc(F)cc4)c3)cn12)N1CCOCC1. The van der Waals surface area contributed by atoms with Crippen molar-refractivity contribution >= 4 is 42.4 Å². The van der Waals surface area contributed by atoms with Gasteiger partial charge in [0.15, 0.2) is 13.5 Å². The summed E-state index contributed by atoms with van der Waals surface area (Å²) < 4.78 is 20.3. The number of carbonyl (C=O) groups is 1. The quantitative estimate of drug-likeness (QED) is 0.321. The number of rotatable bonds is 5. The number of nitrogens with zero attached hydrogens (tertiary/aromatic N) is 4. The average molecular weight is 500 g/mol. The van der Waals surface area contributed by atoms with Gasteiger partial charge >= 0.3 is 0 Å². The molecule has 0 radical (unpaired) electrons. The molecule has 1 fully saturated rings. The Bertz CT molecular complexity index is 1340. The van der Waals surface area contributed by atoms with Crippen LogP contribution in [0.15, 0.2) is 61.1 Å². The molecular weight excluding hydrogens is 480 g/mol. The molecule has 0 bridgehead atoms. The van der Waals surface area contributed by atoms with Gasteiger partial charge in [0.1, 0.15) is 17.2 Å². The normalized spacial score (nSPS) is 14.9. The first-order valence-corrected chi connectivity index (χ1v) is 12.2. The van der Waals surface area contributed by atoms with E-state index in [9.17, 15) is 14.1 Å². The molecule has 5 rings (SSSR count).